The molecule has 0 bridgehead atoms. The number of alkyl halides is 1. The van der Waals surface area contributed by atoms with E-state index in [1.54, 1.807) is 0 Å². The van der Waals surface area contributed by atoms with Crippen molar-refractivity contribution in [2.24, 2.45) is 0 Å². The number of carbonyl (C=O) groups is 1. The predicted molar refractivity (Wildman–Crippen MR) is 111 cm³/mol. The van der Waals surface area contributed by atoms with Crippen LogP contribution in [0.1, 0.15) is 76.9 Å². The molecule has 9 nitrogen and oxygen atoms in total. The number of aliphatic hydroxyl groups is 1. The van der Waals surface area contributed by atoms with E-state index in [2.05, 4.69) is 0 Å². The second-order valence-corrected chi connectivity index (χ2v) is 9.19. The Hall–Kier alpha value is -2.04. The summed E-state index contributed by atoms with van der Waals surface area (Å²) in [4.78, 5) is 38.4. The Morgan fingerprint density at radius 1 is 1.19 bits per heavy atom. The van der Waals surface area contributed by atoms with Crippen molar-refractivity contribution < 1.29 is 28.5 Å². The molecular formula is C22H31FN2O7. The standard InChI is InChI=1S/C22H31FN2O7/c23-22(13-16(26)18(32-22)25-12-9-17(27)24-20(25)29)14-30-19(28)21(10-5-2-6-11-21)31-15-7-3-1-4-8-15/h9,12,15-16,18,26H,1-8,10-11,13-14H2,(H,24,27,29)/t16-,18-,22+/m1/s1. The van der Waals surface area contributed by atoms with E-state index in [0.29, 0.717) is 12.8 Å². The van der Waals surface area contributed by atoms with Gasteiger partial charge < -0.3 is 19.3 Å². The van der Waals surface area contributed by atoms with Gasteiger partial charge in [0, 0.05) is 18.7 Å². The first-order valence-corrected chi connectivity index (χ1v) is 11.5. The Kier molecular flexibility index (Phi) is 6.83. The number of nitrogens with zero attached hydrogens (tertiary/aromatic N) is 1. The fraction of sp³-hybridized carbons (Fsp3) is 0.773. The van der Waals surface area contributed by atoms with Crippen molar-refractivity contribution in [2.45, 2.75) is 101 Å². The van der Waals surface area contributed by atoms with Crippen molar-refractivity contribution in [1.29, 1.82) is 0 Å². The van der Waals surface area contributed by atoms with Crippen molar-refractivity contribution in [2.75, 3.05) is 6.61 Å². The molecule has 0 radical (unpaired) electrons. The van der Waals surface area contributed by atoms with Gasteiger partial charge in [0.1, 0.15) is 6.10 Å². The first-order valence-electron chi connectivity index (χ1n) is 11.5. The van der Waals surface area contributed by atoms with Crippen molar-refractivity contribution in [3.05, 3.63) is 33.1 Å². The van der Waals surface area contributed by atoms with Gasteiger partial charge in [-0.05, 0) is 38.5 Å². The topological polar surface area (TPSA) is 120 Å². The van der Waals surface area contributed by atoms with Crippen molar-refractivity contribution in [3.63, 3.8) is 0 Å². The van der Waals surface area contributed by atoms with Crippen LogP contribution in [0.15, 0.2) is 21.9 Å². The van der Waals surface area contributed by atoms with Gasteiger partial charge in [0.2, 0.25) is 5.85 Å². The average Bonchev–Trinajstić information content (AvgIpc) is 3.08. The molecule has 1 aromatic rings. The molecule has 0 aromatic carbocycles. The predicted octanol–water partition coefficient (Wildman–Crippen LogP) is 2.08. The molecule has 1 saturated heterocycles. The van der Waals surface area contributed by atoms with Crippen LogP contribution in [0.25, 0.3) is 0 Å². The molecule has 178 valence electrons. The van der Waals surface area contributed by atoms with E-state index >= 15 is 4.39 Å². The number of rotatable bonds is 6. The Morgan fingerprint density at radius 3 is 2.56 bits per heavy atom. The normalized spacial score (nSPS) is 30.8. The Morgan fingerprint density at radius 2 is 1.88 bits per heavy atom. The molecular weight excluding hydrogens is 423 g/mol. The van der Waals surface area contributed by atoms with Crippen molar-refractivity contribution >= 4 is 5.97 Å². The van der Waals surface area contributed by atoms with Gasteiger partial charge >= 0.3 is 11.7 Å². The fourth-order valence-electron chi connectivity index (χ4n) is 5.02. The summed E-state index contributed by atoms with van der Waals surface area (Å²) >= 11 is 0. The zero-order chi connectivity index (χ0) is 22.8. The molecule has 2 N–H and O–H groups in total. The number of aromatic nitrogens is 2. The molecule has 1 aliphatic heterocycles. The summed E-state index contributed by atoms with van der Waals surface area (Å²) in [7, 11) is 0. The van der Waals surface area contributed by atoms with Gasteiger partial charge in [0.05, 0.1) is 6.10 Å². The second-order valence-electron chi connectivity index (χ2n) is 9.19. The highest BCUT2D eigenvalue weighted by Crippen LogP contribution is 2.40. The zero-order valence-electron chi connectivity index (χ0n) is 18.1. The number of aromatic amines is 1. The summed E-state index contributed by atoms with van der Waals surface area (Å²) in [5.41, 5.74) is -2.51. The minimum Gasteiger partial charge on any atom is -0.457 e. The van der Waals surface area contributed by atoms with E-state index in [4.69, 9.17) is 14.2 Å². The maximum Gasteiger partial charge on any atom is 0.338 e. The SMILES string of the molecule is O=C(OC[C@]1(F)C[C@@H](O)[C@H](n2ccc(=O)[nH]c2=O)O1)C1(OC2CCCCC2)CCCCC1. The minimum absolute atomic E-state index is 0.00906. The van der Waals surface area contributed by atoms with Crippen LogP contribution in [0.4, 0.5) is 4.39 Å². The monoisotopic (exact) mass is 454 g/mol. The molecule has 0 spiro atoms. The number of carbonyl (C=O) groups excluding carboxylic acids is 1. The number of H-pyrrole nitrogens is 1. The van der Waals surface area contributed by atoms with Gasteiger partial charge in [-0.3, -0.25) is 14.3 Å². The lowest BCUT2D eigenvalue weighted by Gasteiger charge is -2.39. The smallest absolute Gasteiger partial charge is 0.338 e. The van der Waals surface area contributed by atoms with Crippen LogP contribution in [0, 0.1) is 0 Å². The summed E-state index contributed by atoms with van der Waals surface area (Å²) in [6.07, 6.45) is 6.87. The van der Waals surface area contributed by atoms with E-state index in [9.17, 15) is 19.5 Å². The third kappa shape index (κ3) is 4.97. The number of ether oxygens (including phenoxy) is 3. The number of halogens is 1. The summed E-state index contributed by atoms with van der Waals surface area (Å²) in [5, 5.41) is 10.3. The molecule has 2 heterocycles. The van der Waals surface area contributed by atoms with Crippen LogP contribution < -0.4 is 11.2 Å². The maximum atomic E-state index is 15.3. The van der Waals surface area contributed by atoms with Crippen molar-refractivity contribution in [3.8, 4) is 0 Å². The minimum atomic E-state index is -2.46. The lowest BCUT2D eigenvalue weighted by atomic mass is 9.83. The van der Waals surface area contributed by atoms with Crippen LogP contribution >= 0.6 is 0 Å². The molecule has 2 aliphatic carbocycles. The summed E-state index contributed by atoms with van der Waals surface area (Å²) < 4.78 is 33.2. The van der Waals surface area contributed by atoms with Gasteiger partial charge in [0.25, 0.3) is 5.56 Å². The number of nitrogens with one attached hydrogen (secondary N) is 1. The highest BCUT2D eigenvalue weighted by Gasteiger charge is 2.51. The van der Waals surface area contributed by atoms with E-state index in [-0.39, 0.29) is 6.10 Å². The highest BCUT2D eigenvalue weighted by molar-refractivity contribution is 5.79. The summed E-state index contributed by atoms with van der Waals surface area (Å²) in [5.74, 6) is -3.06. The van der Waals surface area contributed by atoms with Gasteiger partial charge in [-0.2, -0.15) is 0 Å². The largest absolute Gasteiger partial charge is 0.457 e. The third-order valence-electron chi connectivity index (χ3n) is 6.70. The molecule has 3 atom stereocenters. The second kappa shape index (κ2) is 9.44. The van der Waals surface area contributed by atoms with Crippen LogP contribution in [0.5, 0.6) is 0 Å². The lowest BCUT2D eigenvalue weighted by Crippen LogP contribution is -2.48. The van der Waals surface area contributed by atoms with Gasteiger partial charge in [-0.1, -0.05) is 25.7 Å². The molecule has 32 heavy (non-hydrogen) atoms. The number of esters is 1. The number of aliphatic hydroxyl groups excluding tert-OH is 1. The average molecular weight is 454 g/mol. The third-order valence-corrected chi connectivity index (χ3v) is 6.70. The van der Waals surface area contributed by atoms with Crippen LogP contribution in [0.3, 0.4) is 0 Å². The first-order chi connectivity index (χ1) is 15.3. The van der Waals surface area contributed by atoms with E-state index in [1.807, 2.05) is 4.98 Å². The molecule has 3 fully saturated rings. The first kappa shape index (κ1) is 23.1. The fourth-order valence-corrected chi connectivity index (χ4v) is 5.02. The molecule has 10 heteroatoms. The van der Waals surface area contributed by atoms with Crippen LogP contribution in [0.2, 0.25) is 0 Å². The lowest BCUT2D eigenvalue weighted by molar-refractivity contribution is -0.215. The van der Waals surface area contributed by atoms with Crippen molar-refractivity contribution in [1.82, 2.24) is 9.55 Å². The molecule has 4 rings (SSSR count). The maximum absolute atomic E-state index is 15.3. The molecule has 0 unspecified atom stereocenters. The quantitative estimate of drug-likeness (QED) is 0.632. The van der Waals surface area contributed by atoms with Gasteiger partial charge in [0.15, 0.2) is 18.4 Å². The summed E-state index contributed by atoms with van der Waals surface area (Å²) in [6, 6.07) is 1.07. The van der Waals surface area contributed by atoms with E-state index in [1.165, 1.54) is 6.42 Å². The summed E-state index contributed by atoms with van der Waals surface area (Å²) in [6.45, 7) is -0.715. The van der Waals surface area contributed by atoms with E-state index in [0.717, 1.165) is 61.8 Å². The van der Waals surface area contributed by atoms with Gasteiger partial charge in [-0.15, -0.1) is 0 Å². The molecule has 2 saturated carbocycles. The molecule has 1 aromatic heterocycles. The number of hydrogen-bond acceptors (Lipinski definition) is 7. The van der Waals surface area contributed by atoms with Crippen LogP contribution in [-0.4, -0.2) is 50.9 Å². The molecule has 0 amide bonds. The molecule has 3 aliphatic rings. The Bertz CT molecular complexity index is 919. The Labute approximate surface area is 184 Å². The van der Waals surface area contributed by atoms with Crippen LogP contribution in [-0.2, 0) is 19.0 Å². The van der Waals surface area contributed by atoms with E-state index < -0.39 is 54.0 Å². The zero-order valence-corrected chi connectivity index (χ0v) is 18.1. The van der Waals surface area contributed by atoms with Gasteiger partial charge in [-0.25, -0.2) is 14.0 Å². The highest BCUT2D eigenvalue weighted by atomic mass is 19.2. The Balaban J connectivity index is 1.42. The number of hydrogen-bond donors (Lipinski definition) is 2.